The Labute approximate surface area is 139 Å². The van der Waals surface area contributed by atoms with Crippen molar-refractivity contribution in [2.24, 2.45) is 0 Å². The van der Waals surface area contributed by atoms with Gasteiger partial charge >= 0.3 is 0 Å². The van der Waals surface area contributed by atoms with Crippen molar-refractivity contribution in [2.75, 3.05) is 6.26 Å². The number of furan rings is 1. The molecule has 1 amide bonds. The second kappa shape index (κ2) is 7.20. The number of nitrogens with one attached hydrogen (secondary N) is 1. The van der Waals surface area contributed by atoms with E-state index in [2.05, 4.69) is 5.32 Å². The highest BCUT2D eigenvalue weighted by atomic mass is 32.2. The van der Waals surface area contributed by atoms with Crippen molar-refractivity contribution in [2.45, 2.75) is 10.9 Å². The van der Waals surface area contributed by atoms with Gasteiger partial charge in [0.05, 0.1) is 6.26 Å². The van der Waals surface area contributed by atoms with E-state index in [9.17, 15) is 4.79 Å². The van der Waals surface area contributed by atoms with Crippen LogP contribution in [-0.4, -0.2) is 12.2 Å². The number of rotatable bonds is 5. The Bertz CT molecular complexity index is 752. The van der Waals surface area contributed by atoms with Crippen LogP contribution in [0.3, 0.4) is 0 Å². The molecule has 0 aliphatic carbocycles. The molecular formula is C19H17NO2S. The van der Waals surface area contributed by atoms with Gasteiger partial charge in [0.1, 0.15) is 11.8 Å². The minimum atomic E-state index is -0.307. The third kappa shape index (κ3) is 3.66. The van der Waals surface area contributed by atoms with Crippen LogP contribution in [0.5, 0.6) is 0 Å². The number of carbonyl (C=O) groups is 1. The van der Waals surface area contributed by atoms with Gasteiger partial charge in [0, 0.05) is 10.5 Å². The predicted molar refractivity (Wildman–Crippen MR) is 92.7 cm³/mol. The molecule has 23 heavy (non-hydrogen) atoms. The van der Waals surface area contributed by atoms with Crippen molar-refractivity contribution in [1.29, 1.82) is 0 Å². The molecule has 1 N–H and O–H groups in total. The van der Waals surface area contributed by atoms with Crippen LogP contribution in [0.4, 0.5) is 0 Å². The Morgan fingerprint density at radius 1 is 1.00 bits per heavy atom. The zero-order chi connectivity index (χ0) is 16.1. The van der Waals surface area contributed by atoms with E-state index in [0.29, 0.717) is 11.3 Å². The van der Waals surface area contributed by atoms with Crippen LogP contribution >= 0.6 is 11.8 Å². The predicted octanol–water partition coefficient (Wildman–Crippen LogP) is 4.52. The molecule has 3 aromatic rings. The molecule has 2 aromatic carbocycles. The molecule has 1 heterocycles. The first-order valence-corrected chi connectivity index (χ1v) is 8.53. The van der Waals surface area contributed by atoms with Crippen LogP contribution in [0.25, 0.3) is 0 Å². The van der Waals surface area contributed by atoms with Crippen molar-refractivity contribution in [1.82, 2.24) is 5.32 Å². The molecule has 116 valence electrons. The minimum absolute atomic E-state index is 0.122. The van der Waals surface area contributed by atoms with E-state index in [-0.39, 0.29) is 11.9 Å². The van der Waals surface area contributed by atoms with Crippen molar-refractivity contribution in [3.63, 3.8) is 0 Å². The Morgan fingerprint density at radius 3 is 2.35 bits per heavy atom. The molecule has 0 saturated heterocycles. The first kappa shape index (κ1) is 15.4. The van der Waals surface area contributed by atoms with Gasteiger partial charge in [-0.1, -0.05) is 30.3 Å². The van der Waals surface area contributed by atoms with Gasteiger partial charge in [0.15, 0.2) is 0 Å². The van der Waals surface area contributed by atoms with E-state index in [1.54, 1.807) is 18.0 Å². The van der Waals surface area contributed by atoms with E-state index < -0.39 is 0 Å². The third-order valence-corrected chi connectivity index (χ3v) is 4.33. The van der Waals surface area contributed by atoms with Gasteiger partial charge in [-0.2, -0.15) is 0 Å². The summed E-state index contributed by atoms with van der Waals surface area (Å²) in [5.74, 6) is 0.591. The Morgan fingerprint density at radius 2 is 1.74 bits per heavy atom. The summed E-state index contributed by atoms with van der Waals surface area (Å²) in [7, 11) is 0. The maximum Gasteiger partial charge on any atom is 0.252 e. The molecule has 0 saturated carbocycles. The molecule has 0 aliphatic rings. The molecule has 0 bridgehead atoms. The summed E-state index contributed by atoms with van der Waals surface area (Å²) in [6.07, 6.45) is 3.63. The summed E-state index contributed by atoms with van der Waals surface area (Å²) in [6, 6.07) is 20.8. The number of amides is 1. The summed E-state index contributed by atoms with van der Waals surface area (Å²) < 4.78 is 5.51. The number of thioether (sulfide) groups is 1. The highest BCUT2D eigenvalue weighted by molar-refractivity contribution is 7.98. The summed E-state index contributed by atoms with van der Waals surface area (Å²) in [5, 5.41) is 3.05. The minimum Gasteiger partial charge on any atom is -0.467 e. The zero-order valence-electron chi connectivity index (χ0n) is 12.7. The van der Waals surface area contributed by atoms with Crippen molar-refractivity contribution in [3.8, 4) is 0 Å². The number of hydrogen-bond donors (Lipinski definition) is 1. The second-order valence-corrected chi connectivity index (χ2v) is 5.94. The fourth-order valence-electron chi connectivity index (χ4n) is 2.38. The maximum atomic E-state index is 12.6. The molecule has 3 rings (SSSR count). The van der Waals surface area contributed by atoms with E-state index in [0.717, 1.165) is 10.5 Å². The van der Waals surface area contributed by atoms with Gasteiger partial charge in [-0.05, 0) is 48.2 Å². The Hall–Kier alpha value is -2.46. The third-order valence-electron chi connectivity index (χ3n) is 3.59. The van der Waals surface area contributed by atoms with Crippen LogP contribution in [-0.2, 0) is 0 Å². The van der Waals surface area contributed by atoms with E-state index in [1.165, 1.54) is 0 Å². The lowest BCUT2D eigenvalue weighted by Gasteiger charge is -2.17. The van der Waals surface area contributed by atoms with E-state index >= 15 is 0 Å². The molecule has 3 nitrogen and oxygen atoms in total. The molecular weight excluding hydrogens is 306 g/mol. The maximum absolute atomic E-state index is 12.6. The molecule has 1 atom stereocenters. The van der Waals surface area contributed by atoms with Gasteiger partial charge in [0.2, 0.25) is 0 Å². The van der Waals surface area contributed by atoms with Gasteiger partial charge in [0.25, 0.3) is 5.91 Å². The highest BCUT2D eigenvalue weighted by Gasteiger charge is 2.19. The van der Waals surface area contributed by atoms with Crippen molar-refractivity contribution >= 4 is 17.7 Å². The fraction of sp³-hybridized carbons (Fsp3) is 0.105. The average molecular weight is 323 g/mol. The standard InChI is InChI=1S/C19H17NO2S/c1-23-16-11-9-15(10-12-16)19(21)20-18(17-8-5-13-22-17)14-6-3-2-4-7-14/h2-13,18H,1H3,(H,20,21). The smallest absolute Gasteiger partial charge is 0.252 e. The van der Waals surface area contributed by atoms with Crippen LogP contribution in [0.15, 0.2) is 82.3 Å². The molecule has 1 aromatic heterocycles. The fourth-order valence-corrected chi connectivity index (χ4v) is 2.78. The Kier molecular flexibility index (Phi) is 4.83. The lowest BCUT2D eigenvalue weighted by molar-refractivity contribution is 0.0939. The summed E-state index contributed by atoms with van der Waals surface area (Å²) >= 11 is 1.65. The number of benzene rings is 2. The lowest BCUT2D eigenvalue weighted by atomic mass is 10.0. The van der Waals surface area contributed by atoms with Crippen LogP contribution in [0, 0.1) is 0 Å². The van der Waals surface area contributed by atoms with E-state index in [1.807, 2.05) is 73.0 Å². The highest BCUT2D eigenvalue weighted by Crippen LogP contribution is 2.23. The van der Waals surface area contributed by atoms with Gasteiger partial charge in [-0.3, -0.25) is 4.79 Å². The van der Waals surface area contributed by atoms with Crippen molar-refractivity contribution in [3.05, 3.63) is 89.9 Å². The zero-order valence-corrected chi connectivity index (χ0v) is 13.5. The van der Waals surface area contributed by atoms with Gasteiger partial charge in [-0.25, -0.2) is 0 Å². The first-order valence-electron chi connectivity index (χ1n) is 7.31. The second-order valence-electron chi connectivity index (χ2n) is 5.06. The molecule has 0 aliphatic heterocycles. The topological polar surface area (TPSA) is 42.2 Å². The quantitative estimate of drug-likeness (QED) is 0.702. The molecule has 0 radical (unpaired) electrons. The van der Waals surface area contributed by atoms with Crippen LogP contribution in [0.1, 0.15) is 27.7 Å². The lowest BCUT2D eigenvalue weighted by Crippen LogP contribution is -2.29. The summed E-state index contributed by atoms with van der Waals surface area (Å²) in [5.41, 5.74) is 1.62. The first-order chi connectivity index (χ1) is 11.3. The molecule has 0 spiro atoms. The summed E-state index contributed by atoms with van der Waals surface area (Å²) in [6.45, 7) is 0. The van der Waals surface area contributed by atoms with Gasteiger partial charge < -0.3 is 9.73 Å². The Balaban J connectivity index is 1.85. The average Bonchev–Trinajstić information content (AvgIpc) is 3.14. The van der Waals surface area contributed by atoms with Crippen LogP contribution < -0.4 is 5.32 Å². The SMILES string of the molecule is CSc1ccc(C(=O)NC(c2ccccc2)c2ccco2)cc1. The van der Waals surface area contributed by atoms with Crippen LogP contribution in [0.2, 0.25) is 0 Å². The van der Waals surface area contributed by atoms with Crippen molar-refractivity contribution < 1.29 is 9.21 Å². The number of carbonyl (C=O) groups excluding carboxylic acids is 1. The molecule has 1 unspecified atom stereocenters. The monoisotopic (exact) mass is 323 g/mol. The van der Waals surface area contributed by atoms with E-state index in [4.69, 9.17) is 4.42 Å². The molecule has 0 fully saturated rings. The van der Waals surface area contributed by atoms with Gasteiger partial charge in [-0.15, -0.1) is 11.8 Å². The summed E-state index contributed by atoms with van der Waals surface area (Å²) in [4.78, 5) is 13.7. The normalized spacial score (nSPS) is 11.9. The molecule has 4 heteroatoms. The number of hydrogen-bond acceptors (Lipinski definition) is 3. The largest absolute Gasteiger partial charge is 0.467 e.